The first-order valence-electron chi connectivity index (χ1n) is 7.07. The van der Waals surface area contributed by atoms with Gasteiger partial charge in [0, 0.05) is 5.02 Å². The minimum Gasteiger partial charge on any atom is -0.495 e. The van der Waals surface area contributed by atoms with Gasteiger partial charge >= 0.3 is 5.97 Å². The molecule has 0 bridgehead atoms. The number of esters is 1. The van der Waals surface area contributed by atoms with Crippen molar-refractivity contribution >= 4 is 27.6 Å². The highest BCUT2D eigenvalue weighted by Crippen LogP contribution is 2.24. The maximum atomic E-state index is 12.0. The number of rotatable bonds is 7. The molecule has 0 aliphatic rings. The van der Waals surface area contributed by atoms with Gasteiger partial charge in [-0.15, -0.1) is 0 Å². The fourth-order valence-electron chi connectivity index (χ4n) is 1.93. The molecule has 9 heteroatoms. The Morgan fingerprint density at radius 2 is 1.80 bits per heavy atom. The number of hydrogen-bond acceptors (Lipinski definition) is 6. The molecular formula is C16H16ClNO6S. The van der Waals surface area contributed by atoms with E-state index in [0.29, 0.717) is 10.8 Å². The van der Waals surface area contributed by atoms with Crippen molar-refractivity contribution in [1.82, 2.24) is 0 Å². The number of ether oxygens (including phenoxy) is 3. The van der Waals surface area contributed by atoms with Crippen LogP contribution in [0.25, 0.3) is 0 Å². The summed E-state index contributed by atoms with van der Waals surface area (Å²) in [4.78, 5) is 11.7. The van der Waals surface area contributed by atoms with E-state index >= 15 is 0 Å². The standard InChI is InChI=1S/C16H16ClNO6S/c1-22-14-7-2-11(10-15(14)25(18,20)21)16(19)24-9-8-23-13-5-3-12(17)4-6-13/h2-7,10H,8-9H2,1H3,(H2,18,20,21). The van der Waals surface area contributed by atoms with E-state index in [4.69, 9.17) is 31.0 Å². The van der Waals surface area contributed by atoms with E-state index in [1.54, 1.807) is 24.3 Å². The summed E-state index contributed by atoms with van der Waals surface area (Å²) >= 11 is 5.76. The molecule has 2 aromatic carbocycles. The number of primary sulfonamides is 1. The third-order valence-corrected chi connectivity index (χ3v) is 4.29. The zero-order valence-corrected chi connectivity index (χ0v) is 14.8. The molecule has 0 aromatic heterocycles. The maximum Gasteiger partial charge on any atom is 0.338 e. The Hall–Kier alpha value is -2.29. The fraction of sp³-hybridized carbons (Fsp3) is 0.188. The van der Waals surface area contributed by atoms with E-state index in [9.17, 15) is 13.2 Å². The van der Waals surface area contributed by atoms with Crippen molar-refractivity contribution in [3.05, 3.63) is 53.1 Å². The molecule has 0 unspecified atom stereocenters. The van der Waals surface area contributed by atoms with Gasteiger partial charge in [0.1, 0.15) is 29.6 Å². The Bertz CT molecular complexity index is 851. The van der Waals surface area contributed by atoms with Crippen LogP contribution in [0.1, 0.15) is 10.4 Å². The molecular weight excluding hydrogens is 370 g/mol. The number of carbonyl (C=O) groups excluding carboxylic acids is 1. The average molecular weight is 386 g/mol. The van der Waals surface area contributed by atoms with Crippen LogP contribution in [0.4, 0.5) is 0 Å². The molecule has 0 radical (unpaired) electrons. The van der Waals surface area contributed by atoms with Gasteiger partial charge in [0.15, 0.2) is 0 Å². The molecule has 2 aromatic rings. The second-order valence-corrected chi connectivity index (χ2v) is 6.82. The Morgan fingerprint density at radius 3 is 2.40 bits per heavy atom. The van der Waals surface area contributed by atoms with Crippen molar-refractivity contribution in [1.29, 1.82) is 0 Å². The number of halogens is 1. The van der Waals surface area contributed by atoms with Gasteiger partial charge in [-0.2, -0.15) is 0 Å². The number of carbonyl (C=O) groups is 1. The van der Waals surface area contributed by atoms with Crippen LogP contribution < -0.4 is 14.6 Å². The van der Waals surface area contributed by atoms with Crippen molar-refractivity contribution < 1.29 is 27.4 Å². The second-order valence-electron chi connectivity index (χ2n) is 4.85. The van der Waals surface area contributed by atoms with E-state index in [0.717, 1.165) is 6.07 Å². The molecule has 0 aliphatic heterocycles. The molecule has 0 heterocycles. The largest absolute Gasteiger partial charge is 0.495 e. The summed E-state index contributed by atoms with van der Waals surface area (Å²) in [6, 6.07) is 10.6. The highest BCUT2D eigenvalue weighted by atomic mass is 35.5. The van der Waals surface area contributed by atoms with E-state index in [1.165, 1.54) is 19.2 Å². The molecule has 0 spiro atoms. The van der Waals surface area contributed by atoms with Crippen molar-refractivity contribution in [3.8, 4) is 11.5 Å². The van der Waals surface area contributed by atoms with Gasteiger partial charge in [-0.25, -0.2) is 18.4 Å². The summed E-state index contributed by atoms with van der Waals surface area (Å²) in [5.74, 6) is -0.0706. The van der Waals surface area contributed by atoms with Gasteiger partial charge in [0.25, 0.3) is 0 Å². The zero-order chi connectivity index (χ0) is 18.4. The molecule has 0 aliphatic carbocycles. The number of sulfonamides is 1. The minimum absolute atomic E-state index is 0.0157. The Kier molecular flexibility index (Phi) is 6.24. The lowest BCUT2D eigenvalue weighted by Gasteiger charge is -2.10. The molecule has 0 saturated carbocycles. The van der Waals surface area contributed by atoms with Crippen LogP contribution in [-0.4, -0.2) is 34.7 Å². The van der Waals surface area contributed by atoms with Gasteiger partial charge in [-0.1, -0.05) is 11.6 Å². The Labute approximate surface area is 150 Å². The predicted molar refractivity (Wildman–Crippen MR) is 91.6 cm³/mol. The first kappa shape index (κ1) is 19.0. The van der Waals surface area contributed by atoms with Crippen molar-refractivity contribution in [2.75, 3.05) is 20.3 Å². The number of hydrogen-bond donors (Lipinski definition) is 1. The van der Waals surface area contributed by atoms with Crippen LogP contribution >= 0.6 is 11.6 Å². The van der Waals surface area contributed by atoms with E-state index in [2.05, 4.69) is 0 Å². The van der Waals surface area contributed by atoms with Crippen LogP contribution in [0.15, 0.2) is 47.4 Å². The number of methoxy groups -OCH3 is 1. The smallest absolute Gasteiger partial charge is 0.338 e. The summed E-state index contributed by atoms with van der Waals surface area (Å²) in [7, 11) is -2.73. The first-order valence-corrected chi connectivity index (χ1v) is 9.00. The third kappa shape index (κ3) is 5.35. The SMILES string of the molecule is COc1ccc(C(=O)OCCOc2ccc(Cl)cc2)cc1S(N)(=O)=O. The van der Waals surface area contributed by atoms with Crippen LogP contribution in [0.2, 0.25) is 5.02 Å². The molecule has 7 nitrogen and oxygen atoms in total. The summed E-state index contributed by atoms with van der Waals surface area (Å²) in [5.41, 5.74) is 0.0383. The maximum absolute atomic E-state index is 12.0. The van der Waals surface area contributed by atoms with Crippen molar-refractivity contribution in [2.24, 2.45) is 5.14 Å². The van der Waals surface area contributed by atoms with Gasteiger partial charge in [-0.3, -0.25) is 0 Å². The molecule has 2 N–H and O–H groups in total. The van der Waals surface area contributed by atoms with E-state index in [-0.39, 0.29) is 29.4 Å². The average Bonchev–Trinajstić information content (AvgIpc) is 2.58. The van der Waals surface area contributed by atoms with E-state index < -0.39 is 16.0 Å². The molecule has 2 rings (SSSR count). The molecule has 0 fully saturated rings. The number of benzene rings is 2. The highest BCUT2D eigenvalue weighted by molar-refractivity contribution is 7.89. The lowest BCUT2D eigenvalue weighted by Crippen LogP contribution is -2.16. The Balaban J connectivity index is 1.95. The minimum atomic E-state index is -4.03. The van der Waals surface area contributed by atoms with Crippen molar-refractivity contribution in [3.63, 3.8) is 0 Å². The third-order valence-electron chi connectivity index (χ3n) is 3.10. The topological polar surface area (TPSA) is 105 Å². The van der Waals surface area contributed by atoms with Gasteiger partial charge in [0.2, 0.25) is 10.0 Å². The van der Waals surface area contributed by atoms with Crippen LogP contribution in [-0.2, 0) is 14.8 Å². The summed E-state index contributed by atoms with van der Waals surface area (Å²) in [6.45, 7) is 0.115. The van der Waals surface area contributed by atoms with Crippen LogP contribution in [0, 0.1) is 0 Å². The number of nitrogens with two attached hydrogens (primary N) is 1. The van der Waals surface area contributed by atoms with Crippen LogP contribution in [0.5, 0.6) is 11.5 Å². The van der Waals surface area contributed by atoms with E-state index in [1.807, 2.05) is 0 Å². The van der Waals surface area contributed by atoms with Crippen molar-refractivity contribution in [2.45, 2.75) is 4.90 Å². The Morgan fingerprint density at radius 1 is 1.12 bits per heavy atom. The molecule has 25 heavy (non-hydrogen) atoms. The second kappa shape index (κ2) is 8.19. The van der Waals surface area contributed by atoms with Crippen LogP contribution in [0.3, 0.4) is 0 Å². The molecule has 0 atom stereocenters. The van der Waals surface area contributed by atoms with Gasteiger partial charge < -0.3 is 14.2 Å². The normalized spacial score (nSPS) is 11.0. The summed E-state index contributed by atoms with van der Waals surface area (Å²) in [5, 5.41) is 5.70. The fourth-order valence-corrected chi connectivity index (χ4v) is 2.78. The lowest BCUT2D eigenvalue weighted by atomic mass is 10.2. The molecule has 0 amide bonds. The van der Waals surface area contributed by atoms with Gasteiger partial charge in [0.05, 0.1) is 12.7 Å². The quantitative estimate of drug-likeness (QED) is 0.578. The molecule has 0 saturated heterocycles. The monoisotopic (exact) mass is 385 g/mol. The highest BCUT2D eigenvalue weighted by Gasteiger charge is 2.18. The lowest BCUT2D eigenvalue weighted by molar-refractivity contribution is 0.0450. The van der Waals surface area contributed by atoms with Gasteiger partial charge in [-0.05, 0) is 42.5 Å². The first-order chi connectivity index (χ1) is 11.8. The zero-order valence-electron chi connectivity index (χ0n) is 13.3. The summed E-state index contributed by atoms with van der Waals surface area (Å²) < 4.78 is 38.4. The predicted octanol–water partition coefficient (Wildman–Crippen LogP) is 2.23. The molecule has 134 valence electrons. The summed E-state index contributed by atoms with van der Waals surface area (Å²) in [6.07, 6.45) is 0.